The van der Waals surface area contributed by atoms with Crippen LogP contribution in [0.3, 0.4) is 0 Å². The number of ether oxygens (including phenoxy) is 2. The molecule has 1 aromatic rings. The molecule has 102 valence electrons. The lowest BCUT2D eigenvalue weighted by Gasteiger charge is -2.28. The Morgan fingerprint density at radius 1 is 1.37 bits per heavy atom. The number of benzene rings is 1. The molecule has 0 spiro atoms. The molecule has 5 heteroatoms. The van der Waals surface area contributed by atoms with E-state index in [0.29, 0.717) is 25.2 Å². The zero-order chi connectivity index (χ0) is 13.4. The van der Waals surface area contributed by atoms with Crippen molar-refractivity contribution < 1.29 is 9.47 Å². The first-order valence-corrected chi connectivity index (χ1v) is 6.61. The van der Waals surface area contributed by atoms with Gasteiger partial charge in [-0.25, -0.2) is 0 Å². The van der Waals surface area contributed by atoms with E-state index >= 15 is 0 Å². The van der Waals surface area contributed by atoms with E-state index in [2.05, 4.69) is 29.8 Å². The number of fused-ring (bicyclic) bond motifs is 1. The third-order valence-corrected chi connectivity index (χ3v) is 3.44. The van der Waals surface area contributed by atoms with E-state index in [1.54, 1.807) is 0 Å². The van der Waals surface area contributed by atoms with Crippen LogP contribution in [-0.2, 0) is 0 Å². The number of nitrogens with two attached hydrogens (primary N) is 1. The molecule has 1 atom stereocenters. The monoisotopic (exact) mass is 261 g/mol. The summed E-state index contributed by atoms with van der Waals surface area (Å²) >= 11 is 0. The summed E-state index contributed by atoms with van der Waals surface area (Å²) in [7, 11) is 0. The third-order valence-electron chi connectivity index (χ3n) is 3.44. The fourth-order valence-electron chi connectivity index (χ4n) is 2.55. The lowest BCUT2D eigenvalue weighted by molar-refractivity contribution is 0.174. The molecule has 2 aliphatic rings. The molecular formula is C14H19N3O2. The Hall–Kier alpha value is -1.91. The smallest absolute Gasteiger partial charge is 0.231 e. The Balaban J connectivity index is 1.85. The molecule has 2 N–H and O–H groups in total. The number of hydrogen-bond donors (Lipinski definition) is 1. The van der Waals surface area contributed by atoms with Gasteiger partial charge in [-0.05, 0) is 23.6 Å². The second-order valence-corrected chi connectivity index (χ2v) is 5.37. The minimum atomic E-state index is 0.205. The lowest BCUT2D eigenvalue weighted by atomic mass is 10.0. The Bertz CT molecular complexity index is 513. The molecule has 0 saturated carbocycles. The van der Waals surface area contributed by atoms with Crippen LogP contribution >= 0.6 is 0 Å². The molecule has 2 heterocycles. The molecule has 2 aliphatic heterocycles. The highest BCUT2D eigenvalue weighted by Crippen LogP contribution is 2.36. The van der Waals surface area contributed by atoms with E-state index in [-0.39, 0.29) is 6.04 Å². The Labute approximate surface area is 113 Å². The van der Waals surface area contributed by atoms with Crippen LogP contribution in [0.4, 0.5) is 0 Å². The first-order chi connectivity index (χ1) is 9.15. The summed E-state index contributed by atoms with van der Waals surface area (Å²) in [5, 5.41) is 0. The SMILES string of the molecule is CC(C)CN1C(N)=NCC1c1ccc2c(c1)OCO2. The van der Waals surface area contributed by atoms with Gasteiger partial charge in [0.2, 0.25) is 6.79 Å². The van der Waals surface area contributed by atoms with Gasteiger partial charge in [-0.1, -0.05) is 19.9 Å². The number of aliphatic imine (C=N–C) groups is 1. The maximum atomic E-state index is 5.99. The average Bonchev–Trinajstić information content (AvgIpc) is 2.96. The van der Waals surface area contributed by atoms with Crippen LogP contribution in [0.5, 0.6) is 11.5 Å². The van der Waals surface area contributed by atoms with Gasteiger partial charge < -0.3 is 20.1 Å². The molecule has 0 aromatic heterocycles. The summed E-state index contributed by atoms with van der Waals surface area (Å²) in [6.45, 7) is 6.29. The molecule has 19 heavy (non-hydrogen) atoms. The van der Waals surface area contributed by atoms with Crippen molar-refractivity contribution in [2.75, 3.05) is 19.9 Å². The van der Waals surface area contributed by atoms with Crippen molar-refractivity contribution in [1.29, 1.82) is 0 Å². The van der Waals surface area contributed by atoms with Gasteiger partial charge in [-0.2, -0.15) is 0 Å². The molecule has 0 saturated heterocycles. The molecule has 0 fully saturated rings. The molecular weight excluding hydrogens is 242 g/mol. The van der Waals surface area contributed by atoms with Crippen molar-refractivity contribution in [2.24, 2.45) is 16.6 Å². The number of guanidine groups is 1. The summed E-state index contributed by atoms with van der Waals surface area (Å²) in [4.78, 5) is 6.54. The van der Waals surface area contributed by atoms with Gasteiger partial charge in [-0.15, -0.1) is 0 Å². The Kier molecular flexibility index (Phi) is 2.97. The second-order valence-electron chi connectivity index (χ2n) is 5.37. The molecule has 0 bridgehead atoms. The highest BCUT2D eigenvalue weighted by atomic mass is 16.7. The van der Waals surface area contributed by atoms with E-state index in [9.17, 15) is 0 Å². The predicted molar refractivity (Wildman–Crippen MR) is 73.3 cm³/mol. The standard InChI is InChI=1S/C14H19N3O2/c1-9(2)7-17-11(6-16-14(17)15)10-3-4-12-13(5-10)19-8-18-12/h3-5,9,11H,6-8H2,1-2H3,(H2,15,16). The molecule has 3 rings (SSSR count). The fourth-order valence-corrected chi connectivity index (χ4v) is 2.55. The minimum Gasteiger partial charge on any atom is -0.454 e. The number of hydrogen-bond acceptors (Lipinski definition) is 5. The average molecular weight is 261 g/mol. The zero-order valence-corrected chi connectivity index (χ0v) is 11.3. The fraction of sp³-hybridized carbons (Fsp3) is 0.500. The maximum Gasteiger partial charge on any atom is 0.231 e. The van der Waals surface area contributed by atoms with E-state index in [1.165, 1.54) is 5.56 Å². The largest absolute Gasteiger partial charge is 0.454 e. The molecule has 0 radical (unpaired) electrons. The van der Waals surface area contributed by atoms with Gasteiger partial charge in [-0.3, -0.25) is 4.99 Å². The minimum absolute atomic E-state index is 0.205. The van der Waals surface area contributed by atoms with Gasteiger partial charge in [0.25, 0.3) is 0 Å². The molecule has 5 nitrogen and oxygen atoms in total. The van der Waals surface area contributed by atoms with Crippen molar-refractivity contribution in [3.8, 4) is 11.5 Å². The van der Waals surface area contributed by atoms with Gasteiger partial charge in [0.15, 0.2) is 17.5 Å². The Morgan fingerprint density at radius 2 is 2.16 bits per heavy atom. The topological polar surface area (TPSA) is 60.1 Å². The van der Waals surface area contributed by atoms with Crippen LogP contribution in [0.2, 0.25) is 0 Å². The maximum absolute atomic E-state index is 5.99. The summed E-state index contributed by atoms with van der Waals surface area (Å²) in [6.07, 6.45) is 0. The van der Waals surface area contributed by atoms with Crippen LogP contribution in [0.15, 0.2) is 23.2 Å². The third kappa shape index (κ3) is 2.20. The van der Waals surface area contributed by atoms with Crippen molar-refractivity contribution >= 4 is 5.96 Å². The molecule has 0 amide bonds. The van der Waals surface area contributed by atoms with Gasteiger partial charge in [0, 0.05) is 6.54 Å². The second kappa shape index (κ2) is 4.64. The highest BCUT2D eigenvalue weighted by Gasteiger charge is 2.29. The van der Waals surface area contributed by atoms with E-state index in [0.717, 1.165) is 18.0 Å². The number of rotatable bonds is 3. The molecule has 1 aromatic carbocycles. The van der Waals surface area contributed by atoms with Crippen LogP contribution in [0.25, 0.3) is 0 Å². The van der Waals surface area contributed by atoms with Crippen LogP contribution in [-0.4, -0.2) is 30.7 Å². The molecule has 0 aliphatic carbocycles. The lowest BCUT2D eigenvalue weighted by Crippen LogP contribution is -2.38. The van der Waals surface area contributed by atoms with Gasteiger partial charge in [0.1, 0.15) is 0 Å². The summed E-state index contributed by atoms with van der Waals surface area (Å²) in [6, 6.07) is 6.27. The number of nitrogens with zero attached hydrogens (tertiary/aromatic N) is 2. The summed E-state index contributed by atoms with van der Waals surface area (Å²) < 4.78 is 10.8. The van der Waals surface area contributed by atoms with E-state index < -0.39 is 0 Å². The predicted octanol–water partition coefficient (Wildman–Crippen LogP) is 1.74. The quantitative estimate of drug-likeness (QED) is 0.900. The van der Waals surface area contributed by atoms with Crippen molar-refractivity contribution in [3.05, 3.63) is 23.8 Å². The summed E-state index contributed by atoms with van der Waals surface area (Å²) in [5.74, 6) is 2.80. The van der Waals surface area contributed by atoms with Gasteiger partial charge >= 0.3 is 0 Å². The van der Waals surface area contributed by atoms with Crippen molar-refractivity contribution in [3.63, 3.8) is 0 Å². The zero-order valence-electron chi connectivity index (χ0n) is 11.3. The van der Waals surface area contributed by atoms with Crippen molar-refractivity contribution in [2.45, 2.75) is 19.9 Å². The van der Waals surface area contributed by atoms with Gasteiger partial charge in [0.05, 0.1) is 12.6 Å². The van der Waals surface area contributed by atoms with Crippen LogP contribution in [0, 0.1) is 5.92 Å². The first-order valence-electron chi connectivity index (χ1n) is 6.61. The van der Waals surface area contributed by atoms with E-state index in [1.807, 2.05) is 12.1 Å². The first kappa shape index (κ1) is 12.1. The summed E-state index contributed by atoms with van der Waals surface area (Å²) in [5.41, 5.74) is 7.16. The van der Waals surface area contributed by atoms with Crippen LogP contribution in [0.1, 0.15) is 25.5 Å². The highest BCUT2D eigenvalue weighted by molar-refractivity contribution is 5.80. The molecule has 1 unspecified atom stereocenters. The Morgan fingerprint density at radius 3 is 2.95 bits per heavy atom. The van der Waals surface area contributed by atoms with Crippen molar-refractivity contribution in [1.82, 2.24) is 4.90 Å². The van der Waals surface area contributed by atoms with E-state index in [4.69, 9.17) is 15.2 Å². The van der Waals surface area contributed by atoms with Crippen LogP contribution < -0.4 is 15.2 Å². The normalized spacial score (nSPS) is 21.1.